The zero-order valence-corrected chi connectivity index (χ0v) is 15.8. The van der Waals surface area contributed by atoms with Gasteiger partial charge >= 0.3 is 15.5 Å². The summed E-state index contributed by atoms with van der Waals surface area (Å²) in [6.45, 7) is 0. The van der Waals surface area contributed by atoms with E-state index in [9.17, 15) is 26.4 Å². The number of nitrogens with one attached hydrogen (secondary N) is 1. The quantitative estimate of drug-likeness (QED) is 0.512. The van der Waals surface area contributed by atoms with Gasteiger partial charge < -0.3 is 0 Å². The van der Waals surface area contributed by atoms with Gasteiger partial charge in [0, 0.05) is 10.7 Å². The van der Waals surface area contributed by atoms with Crippen molar-refractivity contribution in [2.24, 2.45) is 0 Å². The van der Waals surface area contributed by atoms with Gasteiger partial charge in [0.25, 0.3) is 5.91 Å². The Morgan fingerprint density at radius 3 is 1.89 bits per heavy atom. The summed E-state index contributed by atoms with van der Waals surface area (Å²) in [5, 5.41) is 0. The first-order chi connectivity index (χ1) is 8.45. The highest BCUT2D eigenvalue weighted by atomic mass is 127. The fourth-order valence-electron chi connectivity index (χ4n) is 0.990. The highest BCUT2D eigenvalue weighted by molar-refractivity contribution is 14.1. The van der Waals surface area contributed by atoms with Gasteiger partial charge in [0.1, 0.15) is 0 Å². The number of amides is 1. The molecular weight excluding hydrogens is 628 g/mol. The van der Waals surface area contributed by atoms with Crippen LogP contribution in [0.2, 0.25) is 0 Å². The molecule has 4 nitrogen and oxygen atoms in total. The first-order valence-corrected chi connectivity index (χ1v) is 8.95. The molecule has 0 radical (unpaired) electrons. The Balaban J connectivity index is 3.18. The average molecular weight is 631 g/mol. The standard InChI is InChI=1S/C8H3F3I3NO3S/c9-8(10,11)19(17,18)15-7(16)6-4(13)1-3(12)2-5(6)14/h1-2H,(H,15,16). The fourth-order valence-corrected chi connectivity index (χ4v) is 5.52. The first kappa shape index (κ1) is 17.7. The predicted molar refractivity (Wildman–Crippen MR) is 87.0 cm³/mol. The molecular formula is C8H3F3I3NO3S. The van der Waals surface area contributed by atoms with E-state index in [1.54, 1.807) is 57.3 Å². The Morgan fingerprint density at radius 1 is 1.11 bits per heavy atom. The van der Waals surface area contributed by atoms with Crippen molar-refractivity contribution in [1.29, 1.82) is 0 Å². The van der Waals surface area contributed by atoms with Crippen LogP contribution in [-0.4, -0.2) is 19.8 Å². The van der Waals surface area contributed by atoms with E-state index in [1.165, 1.54) is 0 Å². The Labute approximate surface area is 147 Å². The van der Waals surface area contributed by atoms with E-state index in [4.69, 9.17) is 0 Å². The summed E-state index contributed by atoms with van der Waals surface area (Å²) >= 11 is 5.48. The van der Waals surface area contributed by atoms with Crippen LogP contribution in [0.15, 0.2) is 12.1 Å². The van der Waals surface area contributed by atoms with Gasteiger partial charge in [-0.15, -0.1) is 0 Å². The summed E-state index contributed by atoms with van der Waals surface area (Å²) in [4.78, 5) is 11.7. The third kappa shape index (κ3) is 4.29. The fraction of sp³-hybridized carbons (Fsp3) is 0.125. The average Bonchev–Trinajstić information content (AvgIpc) is 2.12. The number of benzene rings is 1. The minimum absolute atomic E-state index is 0.102. The molecule has 0 aliphatic carbocycles. The summed E-state index contributed by atoms with van der Waals surface area (Å²) < 4.78 is 60.7. The van der Waals surface area contributed by atoms with Crippen LogP contribution in [0.4, 0.5) is 13.2 Å². The topological polar surface area (TPSA) is 63.2 Å². The predicted octanol–water partition coefficient (Wildman–Crippen LogP) is 3.08. The maximum Gasteiger partial charge on any atom is 0.516 e. The zero-order chi connectivity index (χ0) is 15.0. The molecule has 0 bridgehead atoms. The Kier molecular flexibility index (Phi) is 5.73. The summed E-state index contributed by atoms with van der Waals surface area (Å²) in [5.74, 6) is -1.30. The summed E-state index contributed by atoms with van der Waals surface area (Å²) in [7, 11) is -5.70. The molecule has 1 amide bonds. The SMILES string of the molecule is O=C(NS(=O)(=O)C(F)(F)F)c1c(I)cc(I)cc1I. The summed E-state index contributed by atoms with van der Waals surface area (Å²) in [6.07, 6.45) is 0. The van der Waals surface area contributed by atoms with Gasteiger partial charge in [0.15, 0.2) is 0 Å². The van der Waals surface area contributed by atoms with Gasteiger partial charge in [-0.25, -0.2) is 4.72 Å². The van der Waals surface area contributed by atoms with E-state index < -0.39 is 21.4 Å². The maximum absolute atomic E-state index is 12.2. The van der Waals surface area contributed by atoms with Gasteiger partial charge in [0.2, 0.25) is 0 Å². The van der Waals surface area contributed by atoms with Crippen molar-refractivity contribution in [3.8, 4) is 0 Å². The van der Waals surface area contributed by atoms with Gasteiger partial charge in [-0.1, -0.05) is 0 Å². The number of sulfonamides is 1. The van der Waals surface area contributed by atoms with Gasteiger partial charge in [-0.3, -0.25) is 4.79 Å². The molecule has 1 aromatic rings. The zero-order valence-electron chi connectivity index (χ0n) is 8.56. The van der Waals surface area contributed by atoms with E-state index in [0.717, 1.165) is 8.29 Å². The lowest BCUT2D eigenvalue weighted by molar-refractivity contribution is -0.0446. The largest absolute Gasteiger partial charge is 0.516 e. The number of hydrogen-bond acceptors (Lipinski definition) is 3. The van der Waals surface area contributed by atoms with Crippen LogP contribution in [-0.2, 0) is 10.0 Å². The Bertz CT molecular complexity index is 607. The van der Waals surface area contributed by atoms with Gasteiger partial charge in [-0.2, -0.15) is 21.6 Å². The van der Waals surface area contributed by atoms with Crippen molar-refractivity contribution in [3.63, 3.8) is 0 Å². The van der Waals surface area contributed by atoms with E-state index in [-0.39, 0.29) is 5.56 Å². The van der Waals surface area contributed by atoms with Crippen LogP contribution >= 0.6 is 67.8 Å². The second kappa shape index (κ2) is 6.17. The second-order valence-electron chi connectivity index (χ2n) is 3.12. The number of hydrogen-bond donors (Lipinski definition) is 1. The van der Waals surface area contributed by atoms with Crippen LogP contribution in [0, 0.1) is 10.7 Å². The molecule has 0 atom stereocenters. The number of alkyl halides is 3. The van der Waals surface area contributed by atoms with E-state index in [1.807, 2.05) is 22.6 Å². The molecule has 1 rings (SSSR count). The maximum atomic E-state index is 12.2. The minimum atomic E-state index is -5.70. The lowest BCUT2D eigenvalue weighted by Gasteiger charge is -2.11. The molecule has 1 aromatic carbocycles. The molecule has 0 spiro atoms. The molecule has 0 aliphatic heterocycles. The molecule has 11 heteroatoms. The monoisotopic (exact) mass is 631 g/mol. The first-order valence-electron chi connectivity index (χ1n) is 4.23. The normalized spacial score (nSPS) is 12.3. The van der Waals surface area contributed by atoms with Crippen molar-refractivity contribution < 1.29 is 26.4 Å². The molecule has 0 saturated heterocycles. The van der Waals surface area contributed by atoms with Gasteiger partial charge in [0.05, 0.1) is 5.56 Å². The van der Waals surface area contributed by atoms with E-state index in [2.05, 4.69) is 0 Å². The van der Waals surface area contributed by atoms with Crippen LogP contribution in [0.25, 0.3) is 0 Å². The molecule has 19 heavy (non-hydrogen) atoms. The Morgan fingerprint density at radius 2 is 1.53 bits per heavy atom. The summed E-state index contributed by atoms with van der Waals surface area (Å²) in [5.41, 5.74) is -5.63. The molecule has 0 aliphatic rings. The molecule has 0 fully saturated rings. The van der Waals surface area contributed by atoms with Crippen LogP contribution in [0.5, 0.6) is 0 Å². The van der Waals surface area contributed by atoms with E-state index in [0.29, 0.717) is 7.14 Å². The minimum Gasteiger partial charge on any atom is -0.268 e. The number of rotatable bonds is 2. The highest BCUT2D eigenvalue weighted by Crippen LogP contribution is 2.25. The van der Waals surface area contributed by atoms with Crippen molar-refractivity contribution in [2.75, 3.05) is 0 Å². The van der Waals surface area contributed by atoms with Crippen LogP contribution in [0.3, 0.4) is 0 Å². The molecule has 106 valence electrons. The molecule has 0 aromatic heterocycles. The summed E-state index contributed by atoms with van der Waals surface area (Å²) in [6, 6.07) is 3.11. The molecule has 0 unspecified atom stereocenters. The lowest BCUT2D eigenvalue weighted by atomic mass is 10.2. The smallest absolute Gasteiger partial charge is 0.268 e. The molecule has 0 heterocycles. The number of carbonyl (C=O) groups is 1. The van der Waals surface area contributed by atoms with Crippen molar-refractivity contribution >= 4 is 83.7 Å². The highest BCUT2D eigenvalue weighted by Gasteiger charge is 2.47. The van der Waals surface area contributed by atoms with Crippen LogP contribution < -0.4 is 4.72 Å². The van der Waals surface area contributed by atoms with E-state index >= 15 is 0 Å². The third-order valence-corrected chi connectivity index (χ3v) is 5.15. The Hall–Kier alpha value is 0.620. The van der Waals surface area contributed by atoms with Crippen molar-refractivity contribution in [2.45, 2.75) is 5.51 Å². The third-order valence-electron chi connectivity index (χ3n) is 1.77. The number of halogens is 6. The van der Waals surface area contributed by atoms with Crippen LogP contribution in [0.1, 0.15) is 10.4 Å². The second-order valence-corrected chi connectivity index (χ2v) is 8.37. The molecule has 1 N–H and O–H groups in total. The van der Waals surface area contributed by atoms with Crippen molar-refractivity contribution in [3.05, 3.63) is 28.4 Å². The number of carbonyl (C=O) groups excluding carboxylic acids is 1. The lowest BCUT2D eigenvalue weighted by Crippen LogP contribution is -2.40. The van der Waals surface area contributed by atoms with Gasteiger partial charge in [-0.05, 0) is 79.9 Å². The van der Waals surface area contributed by atoms with Crippen molar-refractivity contribution in [1.82, 2.24) is 4.72 Å². The molecule has 0 saturated carbocycles.